The summed E-state index contributed by atoms with van der Waals surface area (Å²) >= 11 is 12.3. The maximum Gasteiger partial charge on any atom is 0.287 e. The number of fused-ring (bicyclic) bond motifs is 1. The Kier molecular flexibility index (Phi) is 7.93. The molecule has 5 rings (SSSR count). The lowest BCUT2D eigenvalue weighted by Gasteiger charge is -2.43. The number of nitrogens with zero attached hydrogens (tertiary/aromatic N) is 4. The Morgan fingerprint density at radius 2 is 1.36 bits per heavy atom. The van der Waals surface area contributed by atoms with E-state index in [0.717, 1.165) is 0 Å². The van der Waals surface area contributed by atoms with Crippen molar-refractivity contribution in [1.29, 1.82) is 0 Å². The van der Waals surface area contributed by atoms with E-state index in [1.165, 1.54) is 36.4 Å². The predicted octanol–water partition coefficient (Wildman–Crippen LogP) is 7.64. The largest absolute Gasteiger partial charge is 0.305 e. The minimum atomic E-state index is -0.618. The summed E-state index contributed by atoms with van der Waals surface area (Å²) < 4.78 is 0. The van der Waals surface area contributed by atoms with Gasteiger partial charge in [0.25, 0.3) is 23.2 Å². The Bertz CT molecular complexity index is 1730. The van der Waals surface area contributed by atoms with Crippen molar-refractivity contribution >= 4 is 57.8 Å². The zero-order valence-corrected chi connectivity index (χ0v) is 23.5. The van der Waals surface area contributed by atoms with E-state index in [-0.39, 0.29) is 32.5 Å². The zero-order valence-electron chi connectivity index (χ0n) is 22.0. The first-order valence-corrected chi connectivity index (χ1v) is 13.5. The lowest BCUT2D eigenvalue weighted by Crippen LogP contribution is -2.47. The number of amides is 2. The number of nitro groups is 2. The summed E-state index contributed by atoms with van der Waals surface area (Å²) in [6, 6.07) is 22.9. The van der Waals surface area contributed by atoms with Crippen LogP contribution in [0.2, 0.25) is 10.0 Å². The van der Waals surface area contributed by atoms with Crippen LogP contribution in [0.5, 0.6) is 0 Å². The lowest BCUT2D eigenvalue weighted by molar-refractivity contribution is -0.384. The molecule has 4 aromatic rings. The Morgan fingerprint density at radius 1 is 0.810 bits per heavy atom. The minimum Gasteiger partial charge on any atom is -0.305 e. The maximum absolute atomic E-state index is 14.1. The molecule has 0 bridgehead atoms. The van der Waals surface area contributed by atoms with Crippen LogP contribution < -0.4 is 9.80 Å². The molecule has 0 N–H and O–H groups in total. The molecule has 1 aliphatic heterocycles. The first-order chi connectivity index (χ1) is 20.1. The third-order valence-corrected chi connectivity index (χ3v) is 7.73. The van der Waals surface area contributed by atoms with E-state index in [4.69, 9.17) is 23.2 Å². The molecule has 0 aromatic heterocycles. The van der Waals surface area contributed by atoms with E-state index >= 15 is 0 Å². The van der Waals surface area contributed by atoms with Crippen LogP contribution in [0.1, 0.15) is 45.7 Å². The summed E-state index contributed by atoms with van der Waals surface area (Å²) in [5, 5.41) is 22.2. The molecule has 0 spiro atoms. The third-order valence-electron chi connectivity index (χ3n) is 7.13. The molecule has 0 fully saturated rings. The second-order valence-corrected chi connectivity index (χ2v) is 10.5. The molecule has 1 heterocycles. The summed E-state index contributed by atoms with van der Waals surface area (Å²) in [4.78, 5) is 52.4. The van der Waals surface area contributed by atoms with Crippen LogP contribution in [-0.2, 0) is 0 Å². The van der Waals surface area contributed by atoms with Gasteiger partial charge in [-0.1, -0.05) is 59.6 Å². The normalized spacial score (nSPS) is 15.9. The quantitative estimate of drug-likeness (QED) is 0.164. The fraction of sp³-hybridized carbons (Fsp3) is 0.133. The average molecular weight is 605 g/mol. The molecule has 0 saturated carbocycles. The molecule has 12 heteroatoms. The van der Waals surface area contributed by atoms with Gasteiger partial charge >= 0.3 is 0 Å². The van der Waals surface area contributed by atoms with Gasteiger partial charge in [0, 0.05) is 40.7 Å². The van der Waals surface area contributed by atoms with Gasteiger partial charge in [0.2, 0.25) is 0 Å². The molecule has 0 radical (unpaired) electrons. The second-order valence-electron chi connectivity index (χ2n) is 9.69. The molecule has 42 heavy (non-hydrogen) atoms. The molecule has 10 nitrogen and oxygen atoms in total. The van der Waals surface area contributed by atoms with E-state index in [9.17, 15) is 29.8 Å². The molecule has 0 saturated heterocycles. The first kappa shape index (κ1) is 28.7. The Labute approximate surface area is 250 Å². The van der Waals surface area contributed by atoms with Crippen LogP contribution in [0.3, 0.4) is 0 Å². The highest BCUT2D eigenvalue weighted by molar-refractivity contribution is 6.33. The number of carbonyl (C=O) groups excluding carboxylic acids is 2. The number of halogens is 2. The van der Waals surface area contributed by atoms with Gasteiger partial charge in [-0.3, -0.25) is 29.8 Å². The van der Waals surface area contributed by atoms with Crippen LogP contribution in [0.15, 0.2) is 91.0 Å². The number of nitro benzene ring substituents is 2. The van der Waals surface area contributed by atoms with Crippen molar-refractivity contribution in [2.45, 2.75) is 25.4 Å². The number of carbonyl (C=O) groups is 2. The monoisotopic (exact) mass is 604 g/mol. The Balaban J connectivity index is 1.58. The van der Waals surface area contributed by atoms with Gasteiger partial charge in [-0.15, -0.1) is 0 Å². The summed E-state index contributed by atoms with van der Waals surface area (Å²) in [5.74, 6) is -0.822. The first-order valence-electron chi connectivity index (χ1n) is 12.8. The van der Waals surface area contributed by atoms with Gasteiger partial charge in [-0.05, 0) is 61.4 Å². The highest BCUT2D eigenvalue weighted by Crippen LogP contribution is 2.43. The zero-order chi connectivity index (χ0) is 30.1. The van der Waals surface area contributed by atoms with Crippen LogP contribution in [0.25, 0.3) is 0 Å². The van der Waals surface area contributed by atoms with Crippen molar-refractivity contribution in [1.82, 2.24) is 0 Å². The molecule has 2 atom stereocenters. The van der Waals surface area contributed by atoms with E-state index in [1.54, 1.807) is 46.2 Å². The number of hydrogen-bond acceptors (Lipinski definition) is 6. The highest BCUT2D eigenvalue weighted by atomic mass is 35.5. The van der Waals surface area contributed by atoms with Crippen LogP contribution in [0.4, 0.5) is 22.7 Å². The lowest BCUT2D eigenvalue weighted by atomic mass is 9.89. The number of hydrogen-bond donors (Lipinski definition) is 0. The van der Waals surface area contributed by atoms with Crippen molar-refractivity contribution in [3.8, 4) is 0 Å². The van der Waals surface area contributed by atoms with E-state index < -0.39 is 33.7 Å². The molecule has 0 aliphatic carbocycles. The standard InChI is InChI=1S/C30H22Cl2N4O6/c1-18-15-28(34(21-7-3-2-4-8-21)30(38)20-12-14-27(36(41)42)24(32)17-20)22-9-5-6-10-25(22)33(18)29(37)19-11-13-26(35(39)40)23(31)16-19/h2-14,16-18,28H,15H2,1H3/t18-,28-/m0/s1. The SMILES string of the molecule is C[C@H]1C[C@H](N(C(=O)c2ccc([N+](=O)[O-])c(Cl)c2)c2ccccc2)c2ccccc2N1C(=O)c1ccc([N+](=O)[O-])c(Cl)c1. The minimum absolute atomic E-state index is 0.149. The Hall–Kier alpha value is -4.80. The molecule has 212 valence electrons. The van der Waals surface area contributed by atoms with Crippen molar-refractivity contribution in [2.24, 2.45) is 0 Å². The summed E-state index contributed by atoms with van der Waals surface area (Å²) in [7, 11) is 0. The topological polar surface area (TPSA) is 127 Å². The van der Waals surface area contributed by atoms with Crippen LogP contribution in [-0.4, -0.2) is 27.7 Å². The summed E-state index contributed by atoms with van der Waals surface area (Å²) in [6.45, 7) is 1.85. The number of benzene rings is 4. The van der Waals surface area contributed by atoms with Crippen molar-refractivity contribution in [3.05, 3.63) is 138 Å². The number of para-hydroxylation sites is 2. The predicted molar refractivity (Wildman–Crippen MR) is 160 cm³/mol. The molecule has 0 unspecified atom stereocenters. The van der Waals surface area contributed by atoms with Gasteiger partial charge in [0.15, 0.2) is 0 Å². The molecular formula is C30H22Cl2N4O6. The Morgan fingerprint density at radius 3 is 1.95 bits per heavy atom. The van der Waals surface area contributed by atoms with E-state index in [2.05, 4.69) is 0 Å². The van der Waals surface area contributed by atoms with E-state index in [0.29, 0.717) is 23.4 Å². The van der Waals surface area contributed by atoms with Gasteiger partial charge < -0.3 is 9.80 Å². The van der Waals surface area contributed by atoms with Crippen molar-refractivity contribution in [2.75, 3.05) is 9.80 Å². The molecule has 1 aliphatic rings. The fourth-order valence-electron chi connectivity index (χ4n) is 5.22. The average Bonchev–Trinajstić information content (AvgIpc) is 2.97. The van der Waals surface area contributed by atoms with Crippen LogP contribution in [0, 0.1) is 20.2 Å². The smallest absolute Gasteiger partial charge is 0.287 e. The summed E-state index contributed by atoms with van der Waals surface area (Å²) in [6.07, 6.45) is 0.338. The van der Waals surface area contributed by atoms with Gasteiger partial charge in [-0.25, -0.2) is 0 Å². The highest BCUT2D eigenvalue weighted by Gasteiger charge is 2.39. The second kappa shape index (κ2) is 11.6. The molecule has 2 amide bonds. The maximum atomic E-state index is 14.1. The van der Waals surface area contributed by atoms with Crippen molar-refractivity contribution in [3.63, 3.8) is 0 Å². The summed E-state index contributed by atoms with van der Waals surface area (Å²) in [5.41, 5.74) is 1.59. The van der Waals surface area contributed by atoms with E-state index in [1.807, 2.05) is 25.1 Å². The number of rotatable bonds is 6. The van der Waals surface area contributed by atoms with Gasteiger partial charge in [0.05, 0.1) is 15.9 Å². The number of anilines is 2. The fourth-order valence-corrected chi connectivity index (χ4v) is 5.72. The molecule has 4 aromatic carbocycles. The van der Waals surface area contributed by atoms with Gasteiger partial charge in [0.1, 0.15) is 10.0 Å². The van der Waals surface area contributed by atoms with Crippen LogP contribution >= 0.6 is 23.2 Å². The third kappa shape index (κ3) is 5.29. The van der Waals surface area contributed by atoms with Crippen molar-refractivity contribution < 1.29 is 19.4 Å². The molecular weight excluding hydrogens is 583 g/mol. The van der Waals surface area contributed by atoms with Gasteiger partial charge in [-0.2, -0.15) is 0 Å².